The molecule has 0 fully saturated rings. The Morgan fingerprint density at radius 3 is 2.09 bits per heavy atom. The standard InChI is InChI=1S/C38H62N4O9S2Si.C28H40N4O6S2/c1-11-13-14-15-16-20-33(44)52-22-18-17-19-28(24-32(43)49-21-23-54(8,9)10)50-36(47)27(3)42(7)35(46)29(12-2)41-34(45)30-26-53-31(40-30)25-39-37(48)51-38(4,5)6;1-5-7-8-9-10-14-25(34)39-15-12-11-13-20-16-23(33)29-17-24-30-22(18-40-24)26(35)31-21(6-2)27(36)32(4)19(3)28(37)38-20/h12,17,19,26-28H,11,13-16,18,20-25H2,1-10H3,(H,39,48)(H,41,45);6,11,13,18-20H,5,7-10,12,14-17H2,1-4H3,(H,29,33)(H,31,35)/b19-17+,29-12-;13-11+,21-6-/t27-,28+;19-,20+/m00/s1. The number of cyclic esters (lactones) is 1. The first-order valence-corrected chi connectivity index (χ1v) is 39.7. The fourth-order valence-corrected chi connectivity index (χ4v) is 11.8. The van der Waals surface area contributed by atoms with E-state index in [4.69, 9.17) is 18.9 Å². The SMILES string of the molecule is C/C=C(\NC(=O)c1csc(CNC(=O)OC(C)(C)C)n1)C(=O)N(C)[C@@H](C)C(=O)O[C@H](/C=C/CCSC(=O)CCCCCCC)CC(=O)OCC[Si](C)(C)C.C/C=C1\NC(=O)c2csc(n2)CNC(=O)C[C@@H](/C=C/CCSC(=O)CCCCCCC)OC(=O)[C@H](C)N(C)C1=O. The van der Waals surface area contributed by atoms with Crippen LogP contribution in [0.15, 0.2) is 58.6 Å². The fourth-order valence-electron chi connectivity index (χ4n) is 8.16. The maximum Gasteiger partial charge on any atom is 0.408 e. The number of hydrogen-bond acceptors (Lipinski definition) is 21. The van der Waals surface area contributed by atoms with Crippen LogP contribution in [0.5, 0.6) is 0 Å². The Hall–Kier alpha value is -6.49. The molecule has 1 aliphatic rings. The summed E-state index contributed by atoms with van der Waals surface area (Å²) in [6.07, 6.45) is 20.1. The van der Waals surface area contributed by atoms with E-state index in [0.29, 0.717) is 47.2 Å². The van der Waals surface area contributed by atoms with Crippen LogP contribution in [0.25, 0.3) is 0 Å². The summed E-state index contributed by atoms with van der Waals surface area (Å²) in [6.45, 7) is 22.7. The number of aromatic nitrogens is 2. The van der Waals surface area contributed by atoms with Crippen molar-refractivity contribution < 1.29 is 71.7 Å². The first-order valence-electron chi connectivity index (χ1n) is 32.2. The van der Waals surface area contributed by atoms with E-state index in [-0.39, 0.29) is 71.5 Å². The second-order valence-corrected chi connectivity index (χ2v) is 34.3. The van der Waals surface area contributed by atoms with E-state index < -0.39 is 85.6 Å². The van der Waals surface area contributed by atoms with Crippen molar-refractivity contribution in [3.8, 4) is 0 Å². The lowest BCUT2D eigenvalue weighted by Crippen LogP contribution is -2.45. The molecule has 0 radical (unpaired) electrons. The predicted octanol–water partition coefficient (Wildman–Crippen LogP) is 11.5. The van der Waals surface area contributed by atoms with Gasteiger partial charge in [0.2, 0.25) is 5.91 Å². The van der Waals surface area contributed by atoms with Crippen molar-refractivity contribution in [2.24, 2.45) is 0 Å². The minimum atomic E-state index is -1.43. The summed E-state index contributed by atoms with van der Waals surface area (Å²) < 4.78 is 22.0. The number of unbranched alkanes of at least 4 members (excludes halogenated alkanes) is 8. The first-order chi connectivity index (χ1) is 44.4. The number of amides is 6. The molecule has 0 aliphatic carbocycles. The zero-order chi connectivity index (χ0) is 70.4. The lowest BCUT2D eigenvalue weighted by atomic mass is 10.1. The van der Waals surface area contributed by atoms with Crippen LogP contribution in [-0.2, 0) is 70.4 Å². The maximum absolute atomic E-state index is 13.4. The number of alkyl carbamates (subject to hydrolysis) is 1. The summed E-state index contributed by atoms with van der Waals surface area (Å²) >= 11 is 4.92. The van der Waals surface area contributed by atoms with Crippen LogP contribution in [0.2, 0.25) is 25.7 Å². The number of carbonyl (C=O) groups is 11. The van der Waals surface area contributed by atoms with Crippen LogP contribution < -0.4 is 21.3 Å². The predicted molar refractivity (Wildman–Crippen MR) is 373 cm³/mol. The van der Waals surface area contributed by atoms with Gasteiger partial charge in [-0.1, -0.05) is 133 Å². The lowest BCUT2D eigenvalue weighted by molar-refractivity contribution is -0.158. The number of fused-ring (bicyclic) bond motifs is 2. The topological polar surface area (TPSA) is 305 Å². The molecule has 4 N–H and O–H groups in total. The quantitative estimate of drug-likeness (QED) is 0.0129. The van der Waals surface area contributed by atoms with Crippen molar-refractivity contribution >= 4 is 118 Å². The molecule has 0 aromatic carbocycles. The monoisotopic (exact) mass is 1400 g/mol. The molecule has 0 saturated heterocycles. The fraction of sp³-hybridized carbons (Fsp3) is 0.621. The molecule has 1 aliphatic heterocycles. The summed E-state index contributed by atoms with van der Waals surface area (Å²) in [5.74, 6) is -3.61. The lowest BCUT2D eigenvalue weighted by Gasteiger charge is -2.26. The van der Waals surface area contributed by atoms with E-state index in [9.17, 15) is 52.7 Å². The van der Waals surface area contributed by atoms with Crippen molar-refractivity contribution in [3.05, 3.63) is 80.0 Å². The van der Waals surface area contributed by atoms with Gasteiger partial charge in [0, 0.05) is 57.3 Å². The Morgan fingerprint density at radius 1 is 0.883 bits per heavy atom. The van der Waals surface area contributed by atoms with Crippen molar-refractivity contribution in [1.82, 2.24) is 41.0 Å². The third kappa shape index (κ3) is 35.3. The zero-order valence-electron chi connectivity index (χ0n) is 57.5. The minimum Gasteiger partial charge on any atom is -0.466 e. The summed E-state index contributed by atoms with van der Waals surface area (Å²) in [5.41, 5.74) is -0.577. The Morgan fingerprint density at radius 2 is 1.50 bits per heavy atom. The normalized spacial score (nSPS) is 16.3. The highest BCUT2D eigenvalue weighted by molar-refractivity contribution is 8.13. The number of thiazole rings is 2. The largest absolute Gasteiger partial charge is 0.466 e. The van der Waals surface area contributed by atoms with Gasteiger partial charge in [0.25, 0.3) is 23.6 Å². The molecule has 4 atom stereocenters. The Balaban J connectivity index is 0.000000668. The highest BCUT2D eigenvalue weighted by Gasteiger charge is 2.32. The molecule has 6 amide bonds. The molecule has 0 spiro atoms. The van der Waals surface area contributed by atoms with Gasteiger partial charge in [0.05, 0.1) is 32.5 Å². The third-order valence-corrected chi connectivity index (χ3v) is 19.3. The molecule has 2 aromatic heterocycles. The zero-order valence-corrected chi connectivity index (χ0v) is 61.8. The van der Waals surface area contributed by atoms with E-state index in [1.165, 1.54) is 104 Å². The Kier molecular flexibility index (Phi) is 40.1. The van der Waals surface area contributed by atoms with E-state index in [2.05, 4.69) is 64.7 Å². The summed E-state index contributed by atoms with van der Waals surface area (Å²) in [6, 6.07) is -1.27. The molecular formula is C66H102N8O15S4Si. The van der Waals surface area contributed by atoms with Crippen LogP contribution in [-0.4, -0.2) is 154 Å². The number of ether oxygens (including phenoxy) is 4. The van der Waals surface area contributed by atoms with Crippen LogP contribution in [0.3, 0.4) is 0 Å². The molecule has 23 nitrogen and oxygen atoms in total. The van der Waals surface area contributed by atoms with Gasteiger partial charge in [-0.25, -0.2) is 24.4 Å². The Bertz CT molecular complexity index is 2930. The van der Waals surface area contributed by atoms with Gasteiger partial charge in [-0.2, -0.15) is 0 Å². The van der Waals surface area contributed by atoms with Gasteiger partial charge >= 0.3 is 24.0 Å². The number of carbonyl (C=O) groups excluding carboxylic acids is 11. The van der Waals surface area contributed by atoms with Gasteiger partial charge in [-0.05, 0) is 92.3 Å². The second-order valence-electron chi connectivity index (χ2n) is 24.5. The molecule has 0 saturated carbocycles. The Labute approximate surface area is 573 Å². The number of hydrogen-bond donors (Lipinski definition) is 4. The number of thioether (sulfide) groups is 2. The van der Waals surface area contributed by atoms with Crippen LogP contribution >= 0.6 is 46.2 Å². The number of likely N-dealkylation sites (N-methyl/N-ethyl adjacent to an activating group) is 2. The van der Waals surface area contributed by atoms with E-state index in [1.54, 1.807) is 64.3 Å². The molecule has 94 heavy (non-hydrogen) atoms. The average Bonchev–Trinajstić information content (AvgIpc) is 1.39. The van der Waals surface area contributed by atoms with E-state index in [0.717, 1.165) is 67.2 Å². The number of allylic oxidation sites excluding steroid dienone is 4. The highest BCUT2D eigenvalue weighted by Crippen LogP contribution is 2.20. The van der Waals surface area contributed by atoms with Gasteiger partial charge in [-0.3, -0.25) is 38.4 Å². The van der Waals surface area contributed by atoms with Crippen molar-refractivity contribution in [1.29, 1.82) is 0 Å². The summed E-state index contributed by atoms with van der Waals surface area (Å²) in [7, 11) is 1.40. The number of nitrogens with zero attached hydrogens (tertiary/aromatic N) is 4. The number of nitrogens with one attached hydrogen (secondary N) is 4. The molecule has 2 aromatic rings. The van der Waals surface area contributed by atoms with Crippen LogP contribution in [0.1, 0.15) is 196 Å². The molecule has 2 bridgehead atoms. The van der Waals surface area contributed by atoms with Gasteiger partial charge < -0.3 is 50.0 Å². The number of esters is 3. The first kappa shape index (κ1) is 83.6. The number of rotatable bonds is 33. The van der Waals surface area contributed by atoms with Gasteiger partial charge in [0.15, 0.2) is 10.2 Å². The molecule has 28 heteroatoms. The van der Waals surface area contributed by atoms with Crippen molar-refractivity contribution in [2.75, 3.05) is 32.2 Å². The molecule has 3 heterocycles. The molecule has 3 rings (SSSR count). The maximum atomic E-state index is 13.4. The third-order valence-electron chi connectivity index (χ3n) is 14.0. The van der Waals surface area contributed by atoms with Crippen LogP contribution in [0, 0.1) is 0 Å². The van der Waals surface area contributed by atoms with E-state index >= 15 is 0 Å². The summed E-state index contributed by atoms with van der Waals surface area (Å²) in [5, 5.41) is 14.7. The average molecular weight is 1400 g/mol. The second kappa shape index (κ2) is 45.0. The van der Waals surface area contributed by atoms with Gasteiger partial charge in [0.1, 0.15) is 62.7 Å². The highest BCUT2D eigenvalue weighted by atomic mass is 32.2. The molecule has 524 valence electrons. The minimum absolute atomic E-state index is 0.00606. The van der Waals surface area contributed by atoms with Crippen molar-refractivity contribution in [3.63, 3.8) is 0 Å². The molecule has 0 unspecified atom stereocenters. The molecular weight excluding hydrogens is 1300 g/mol. The van der Waals surface area contributed by atoms with Crippen LogP contribution in [0.4, 0.5) is 4.79 Å². The van der Waals surface area contributed by atoms with Crippen molar-refractivity contribution in [2.45, 2.75) is 234 Å². The smallest absolute Gasteiger partial charge is 0.408 e. The van der Waals surface area contributed by atoms with E-state index in [1.807, 2.05) is 0 Å². The van der Waals surface area contributed by atoms with Gasteiger partial charge in [-0.15, -0.1) is 22.7 Å². The summed E-state index contributed by atoms with van der Waals surface area (Å²) in [4.78, 5) is 151.